The Balaban J connectivity index is 1.77. The number of nitrogens with two attached hydrogens (primary N) is 1. The van der Waals surface area contributed by atoms with Crippen LogP contribution >= 0.6 is 0 Å². The van der Waals surface area contributed by atoms with Crippen LogP contribution < -0.4 is 11.3 Å². The lowest BCUT2D eigenvalue weighted by atomic mass is 10.2. The maximum atomic E-state index is 5.57. The first-order chi connectivity index (χ1) is 10.7. The fraction of sp³-hybridized carbons (Fsp3) is 0.600. The van der Waals surface area contributed by atoms with Crippen molar-refractivity contribution in [2.45, 2.75) is 26.8 Å². The number of nitrogens with one attached hydrogen (secondary N) is 1. The number of hydrogen-bond donors (Lipinski definition) is 2. The molecule has 2 aromatic heterocycles. The summed E-state index contributed by atoms with van der Waals surface area (Å²) in [6.07, 6.45) is 2.66. The molecule has 1 saturated heterocycles. The topological polar surface area (TPSA) is 81.2 Å². The molecule has 120 valence electrons. The van der Waals surface area contributed by atoms with E-state index in [1.165, 1.54) is 11.3 Å². The minimum Gasteiger partial charge on any atom is -0.379 e. The number of aromatic nitrogens is 3. The smallest absolute Gasteiger partial charge is 0.153 e. The van der Waals surface area contributed by atoms with Gasteiger partial charge in [0.25, 0.3) is 0 Å². The van der Waals surface area contributed by atoms with Crippen LogP contribution in [-0.4, -0.2) is 52.3 Å². The predicted octanol–water partition coefficient (Wildman–Crippen LogP) is 1.06. The molecule has 0 unspecified atom stereocenters. The van der Waals surface area contributed by atoms with Gasteiger partial charge in [0.1, 0.15) is 12.0 Å². The molecule has 0 saturated carbocycles. The van der Waals surface area contributed by atoms with Crippen molar-refractivity contribution in [1.29, 1.82) is 0 Å². The van der Waals surface area contributed by atoms with Gasteiger partial charge in [-0.25, -0.2) is 15.8 Å². The van der Waals surface area contributed by atoms with Gasteiger partial charge in [-0.3, -0.25) is 4.90 Å². The van der Waals surface area contributed by atoms with E-state index >= 15 is 0 Å². The van der Waals surface area contributed by atoms with Gasteiger partial charge in [-0.1, -0.05) is 0 Å². The first kappa shape index (κ1) is 15.2. The van der Waals surface area contributed by atoms with Crippen molar-refractivity contribution in [1.82, 2.24) is 19.4 Å². The zero-order valence-corrected chi connectivity index (χ0v) is 13.3. The quantitative estimate of drug-likeness (QED) is 0.635. The number of nitrogens with zero attached hydrogens (tertiary/aromatic N) is 4. The average Bonchev–Trinajstić information content (AvgIpc) is 2.81. The van der Waals surface area contributed by atoms with Gasteiger partial charge in [-0.15, -0.1) is 0 Å². The number of fused-ring (bicyclic) bond motifs is 1. The third kappa shape index (κ3) is 2.79. The summed E-state index contributed by atoms with van der Waals surface area (Å²) in [5, 5.41) is 1.02. The van der Waals surface area contributed by atoms with Crippen LogP contribution in [0.3, 0.4) is 0 Å². The molecule has 22 heavy (non-hydrogen) atoms. The third-order valence-electron chi connectivity index (χ3n) is 4.50. The van der Waals surface area contributed by atoms with E-state index in [0.29, 0.717) is 5.82 Å². The molecule has 3 heterocycles. The van der Waals surface area contributed by atoms with E-state index in [1.807, 2.05) is 0 Å². The zero-order valence-electron chi connectivity index (χ0n) is 13.3. The molecule has 0 aromatic carbocycles. The standard InChI is InChI=1S/C15H24N6O/c1-11-12(2)21(5-3-4-20-6-8-22-9-7-20)15-13(11)14(19-16)17-10-18-15/h10H,3-9,16H2,1-2H3,(H,17,18,19). The van der Waals surface area contributed by atoms with Crippen LogP contribution in [0.5, 0.6) is 0 Å². The fourth-order valence-electron chi connectivity index (χ4n) is 3.13. The Morgan fingerprint density at radius 1 is 1.23 bits per heavy atom. The lowest BCUT2D eigenvalue weighted by Gasteiger charge is -2.26. The van der Waals surface area contributed by atoms with E-state index in [-0.39, 0.29) is 0 Å². The molecule has 0 aliphatic carbocycles. The number of hydrazine groups is 1. The van der Waals surface area contributed by atoms with Gasteiger partial charge in [0.2, 0.25) is 0 Å². The minimum atomic E-state index is 0.692. The molecular weight excluding hydrogens is 280 g/mol. The fourth-order valence-corrected chi connectivity index (χ4v) is 3.13. The number of anilines is 1. The predicted molar refractivity (Wildman–Crippen MR) is 86.7 cm³/mol. The highest BCUT2D eigenvalue weighted by Crippen LogP contribution is 2.28. The van der Waals surface area contributed by atoms with Gasteiger partial charge in [-0.05, 0) is 25.8 Å². The second-order valence-electron chi connectivity index (χ2n) is 5.73. The van der Waals surface area contributed by atoms with Gasteiger partial charge < -0.3 is 14.7 Å². The van der Waals surface area contributed by atoms with Crippen molar-refractivity contribution in [3.63, 3.8) is 0 Å². The van der Waals surface area contributed by atoms with Gasteiger partial charge in [0.05, 0.1) is 18.6 Å². The van der Waals surface area contributed by atoms with Crippen LogP contribution in [0.25, 0.3) is 11.0 Å². The average molecular weight is 304 g/mol. The normalized spacial score (nSPS) is 16.3. The molecule has 7 heteroatoms. The number of rotatable bonds is 5. The molecule has 1 aliphatic rings. The molecule has 3 N–H and O–H groups in total. The molecule has 0 amide bonds. The minimum absolute atomic E-state index is 0.692. The van der Waals surface area contributed by atoms with Gasteiger partial charge >= 0.3 is 0 Å². The van der Waals surface area contributed by atoms with E-state index in [1.54, 1.807) is 6.33 Å². The first-order valence-electron chi connectivity index (χ1n) is 7.79. The number of ether oxygens (including phenoxy) is 1. The summed E-state index contributed by atoms with van der Waals surface area (Å²) in [4.78, 5) is 11.1. The molecule has 3 rings (SSSR count). The van der Waals surface area contributed by atoms with Crippen molar-refractivity contribution in [2.75, 3.05) is 38.3 Å². The van der Waals surface area contributed by atoms with Gasteiger partial charge in [-0.2, -0.15) is 0 Å². The van der Waals surface area contributed by atoms with Crippen molar-refractivity contribution in [3.8, 4) is 0 Å². The summed E-state index contributed by atoms with van der Waals surface area (Å²) in [6, 6.07) is 0. The Labute approximate surface area is 130 Å². The van der Waals surface area contributed by atoms with Gasteiger partial charge in [0, 0.05) is 31.9 Å². The first-order valence-corrected chi connectivity index (χ1v) is 7.79. The van der Waals surface area contributed by atoms with E-state index in [4.69, 9.17) is 10.6 Å². The zero-order chi connectivity index (χ0) is 15.5. The van der Waals surface area contributed by atoms with Crippen molar-refractivity contribution < 1.29 is 4.74 Å². The summed E-state index contributed by atoms with van der Waals surface area (Å²) in [5.74, 6) is 6.27. The lowest BCUT2D eigenvalue weighted by molar-refractivity contribution is 0.0369. The van der Waals surface area contributed by atoms with E-state index in [9.17, 15) is 0 Å². The molecule has 0 radical (unpaired) electrons. The third-order valence-corrected chi connectivity index (χ3v) is 4.50. The summed E-state index contributed by atoms with van der Waals surface area (Å²) in [7, 11) is 0. The number of morpholine rings is 1. The van der Waals surface area contributed by atoms with Crippen molar-refractivity contribution >= 4 is 16.9 Å². The summed E-state index contributed by atoms with van der Waals surface area (Å²) in [5.41, 5.74) is 6.05. The highest BCUT2D eigenvalue weighted by molar-refractivity contribution is 5.91. The highest BCUT2D eigenvalue weighted by atomic mass is 16.5. The Morgan fingerprint density at radius 3 is 2.73 bits per heavy atom. The van der Waals surface area contributed by atoms with Crippen molar-refractivity contribution in [2.24, 2.45) is 5.84 Å². The molecule has 2 aromatic rings. The maximum Gasteiger partial charge on any atom is 0.153 e. The SMILES string of the molecule is Cc1c(C)n(CCCN2CCOCC2)c2ncnc(NN)c12. The molecule has 0 spiro atoms. The van der Waals surface area contributed by atoms with Crippen LogP contribution in [0.2, 0.25) is 0 Å². The highest BCUT2D eigenvalue weighted by Gasteiger charge is 2.16. The lowest BCUT2D eigenvalue weighted by Crippen LogP contribution is -2.37. The van der Waals surface area contributed by atoms with Gasteiger partial charge in [0.15, 0.2) is 5.82 Å². The number of nitrogen functional groups attached to an aromatic ring is 1. The summed E-state index contributed by atoms with van der Waals surface area (Å²) < 4.78 is 7.66. The second-order valence-corrected chi connectivity index (χ2v) is 5.73. The molecule has 7 nitrogen and oxygen atoms in total. The molecule has 1 fully saturated rings. The Bertz CT molecular complexity index is 647. The van der Waals surface area contributed by atoms with Crippen molar-refractivity contribution in [3.05, 3.63) is 17.6 Å². The summed E-state index contributed by atoms with van der Waals surface area (Å²) >= 11 is 0. The van der Waals surface area contributed by atoms with Crippen LogP contribution in [0, 0.1) is 13.8 Å². The van der Waals surface area contributed by atoms with Crippen LogP contribution in [0.4, 0.5) is 5.82 Å². The number of hydrogen-bond acceptors (Lipinski definition) is 6. The largest absolute Gasteiger partial charge is 0.379 e. The molecular formula is C15H24N6O. The number of aryl methyl sites for hydroxylation is 2. The van der Waals surface area contributed by atoms with Crippen LogP contribution in [0.1, 0.15) is 17.7 Å². The Kier molecular flexibility index (Phi) is 4.56. The molecule has 0 atom stereocenters. The Morgan fingerprint density at radius 2 is 2.00 bits per heavy atom. The Hall–Kier alpha value is -1.70. The second kappa shape index (κ2) is 6.60. The van der Waals surface area contributed by atoms with Crippen LogP contribution in [0.15, 0.2) is 6.33 Å². The van der Waals surface area contributed by atoms with Crippen LogP contribution in [-0.2, 0) is 11.3 Å². The van der Waals surface area contributed by atoms with E-state index in [0.717, 1.165) is 56.8 Å². The summed E-state index contributed by atoms with van der Waals surface area (Å²) in [6.45, 7) is 10.0. The van der Waals surface area contributed by atoms with E-state index < -0.39 is 0 Å². The monoisotopic (exact) mass is 304 g/mol. The van der Waals surface area contributed by atoms with E-state index in [2.05, 4.69) is 38.7 Å². The maximum absolute atomic E-state index is 5.57. The molecule has 1 aliphatic heterocycles. The molecule has 0 bridgehead atoms.